The summed E-state index contributed by atoms with van der Waals surface area (Å²) in [4.78, 5) is 25.4. The van der Waals surface area contributed by atoms with Gasteiger partial charge in [-0.05, 0) is 36.8 Å². The van der Waals surface area contributed by atoms with Gasteiger partial charge in [0, 0.05) is 37.4 Å². The average molecular weight is 424 g/mol. The molecule has 1 amide bonds. The fourth-order valence-electron chi connectivity index (χ4n) is 3.60. The molecule has 1 aliphatic rings. The number of carbonyl (C=O) groups is 1. The summed E-state index contributed by atoms with van der Waals surface area (Å²) in [6.45, 7) is 4.74. The maximum atomic E-state index is 13.2. The molecule has 1 aromatic carbocycles. The molecule has 9 heteroatoms. The van der Waals surface area contributed by atoms with Crippen molar-refractivity contribution >= 4 is 11.9 Å². The first-order valence-corrected chi connectivity index (χ1v) is 10.3. The molecule has 1 fully saturated rings. The van der Waals surface area contributed by atoms with E-state index in [-0.39, 0.29) is 18.3 Å². The molecule has 31 heavy (non-hydrogen) atoms. The van der Waals surface area contributed by atoms with Gasteiger partial charge in [0.15, 0.2) is 5.75 Å². The van der Waals surface area contributed by atoms with Crippen molar-refractivity contribution in [3.05, 3.63) is 54.2 Å². The zero-order valence-electron chi connectivity index (χ0n) is 17.7. The molecular weight excluding hydrogens is 399 g/mol. The molecule has 0 unspecified atom stereocenters. The number of amides is 1. The van der Waals surface area contributed by atoms with Gasteiger partial charge >= 0.3 is 0 Å². The van der Waals surface area contributed by atoms with E-state index in [1.54, 1.807) is 36.3 Å². The van der Waals surface area contributed by atoms with Crippen molar-refractivity contribution in [2.75, 3.05) is 38.2 Å². The van der Waals surface area contributed by atoms with Gasteiger partial charge in [-0.3, -0.25) is 9.48 Å². The Bertz CT molecular complexity index is 1030. The van der Waals surface area contributed by atoms with E-state index in [2.05, 4.69) is 20.0 Å². The highest BCUT2D eigenvalue weighted by molar-refractivity contribution is 5.76. The Balaban J connectivity index is 1.39. The second kappa shape index (κ2) is 9.11. The van der Waals surface area contributed by atoms with Crippen molar-refractivity contribution in [3.8, 4) is 17.0 Å². The SMILES string of the molecule is CCc1cc(-c2ccc(F)cc2)nn1CC(=O)N1CCN(c2ncc(OC)cn2)CC1. The zero-order valence-corrected chi connectivity index (χ0v) is 17.7. The highest BCUT2D eigenvalue weighted by Gasteiger charge is 2.23. The zero-order chi connectivity index (χ0) is 21.8. The Morgan fingerprint density at radius 3 is 2.39 bits per heavy atom. The third kappa shape index (κ3) is 4.65. The second-order valence-electron chi connectivity index (χ2n) is 7.33. The first kappa shape index (κ1) is 20.8. The maximum Gasteiger partial charge on any atom is 0.244 e. The van der Waals surface area contributed by atoms with Crippen LogP contribution in [0.4, 0.5) is 10.3 Å². The fraction of sp³-hybridized carbons (Fsp3) is 0.364. The third-order valence-electron chi connectivity index (χ3n) is 5.42. The lowest BCUT2D eigenvalue weighted by molar-refractivity contribution is -0.132. The van der Waals surface area contributed by atoms with Crippen LogP contribution in [0.25, 0.3) is 11.3 Å². The minimum absolute atomic E-state index is 0.0266. The number of carbonyl (C=O) groups excluding carboxylic acids is 1. The van der Waals surface area contributed by atoms with Gasteiger partial charge in [-0.1, -0.05) is 6.92 Å². The van der Waals surface area contributed by atoms with Crippen LogP contribution in [0.5, 0.6) is 5.75 Å². The van der Waals surface area contributed by atoms with Crippen molar-refractivity contribution in [1.82, 2.24) is 24.6 Å². The van der Waals surface area contributed by atoms with E-state index in [4.69, 9.17) is 4.74 Å². The van der Waals surface area contributed by atoms with Crippen LogP contribution in [0, 0.1) is 5.82 Å². The molecule has 0 bridgehead atoms. The second-order valence-corrected chi connectivity index (χ2v) is 7.33. The largest absolute Gasteiger partial charge is 0.494 e. The summed E-state index contributed by atoms with van der Waals surface area (Å²) >= 11 is 0. The number of methoxy groups -OCH3 is 1. The Morgan fingerprint density at radius 1 is 1.10 bits per heavy atom. The van der Waals surface area contributed by atoms with E-state index in [9.17, 15) is 9.18 Å². The van der Waals surface area contributed by atoms with Gasteiger partial charge in [0.05, 0.1) is 25.2 Å². The van der Waals surface area contributed by atoms with Gasteiger partial charge in [0.25, 0.3) is 0 Å². The molecule has 8 nitrogen and oxygen atoms in total. The number of aromatic nitrogens is 4. The predicted molar refractivity (Wildman–Crippen MR) is 114 cm³/mol. The number of aryl methyl sites for hydroxylation is 1. The van der Waals surface area contributed by atoms with Crippen molar-refractivity contribution in [3.63, 3.8) is 0 Å². The molecule has 2 aromatic heterocycles. The Morgan fingerprint density at radius 2 is 1.77 bits per heavy atom. The summed E-state index contributed by atoms with van der Waals surface area (Å²) in [7, 11) is 1.58. The highest BCUT2D eigenvalue weighted by atomic mass is 19.1. The molecule has 3 heterocycles. The summed E-state index contributed by atoms with van der Waals surface area (Å²) in [5.74, 6) is 0.993. The number of hydrogen-bond donors (Lipinski definition) is 0. The lowest BCUT2D eigenvalue weighted by Crippen LogP contribution is -2.50. The molecule has 0 N–H and O–H groups in total. The van der Waals surface area contributed by atoms with Gasteiger partial charge in [0.2, 0.25) is 11.9 Å². The molecule has 4 rings (SSSR count). The summed E-state index contributed by atoms with van der Waals surface area (Å²) in [6, 6.07) is 8.18. The number of hydrogen-bond acceptors (Lipinski definition) is 6. The number of ether oxygens (including phenoxy) is 1. The lowest BCUT2D eigenvalue weighted by Gasteiger charge is -2.34. The Hall–Kier alpha value is -3.49. The van der Waals surface area contributed by atoms with Gasteiger partial charge in [-0.2, -0.15) is 5.10 Å². The van der Waals surface area contributed by atoms with Gasteiger partial charge in [-0.15, -0.1) is 0 Å². The van der Waals surface area contributed by atoms with E-state index in [0.717, 1.165) is 23.4 Å². The number of rotatable bonds is 6. The molecule has 1 aliphatic heterocycles. The van der Waals surface area contributed by atoms with Crippen LogP contribution in [0.15, 0.2) is 42.7 Å². The topological polar surface area (TPSA) is 76.4 Å². The number of nitrogens with zero attached hydrogens (tertiary/aromatic N) is 6. The molecule has 1 saturated heterocycles. The molecular formula is C22H25FN6O2. The van der Waals surface area contributed by atoms with Crippen molar-refractivity contribution < 1.29 is 13.9 Å². The predicted octanol–water partition coefficient (Wildman–Crippen LogP) is 2.40. The van der Waals surface area contributed by atoms with E-state index in [1.165, 1.54) is 12.1 Å². The van der Waals surface area contributed by atoms with E-state index < -0.39 is 0 Å². The van der Waals surface area contributed by atoms with Crippen LogP contribution in [0.2, 0.25) is 0 Å². The number of anilines is 1. The molecule has 3 aromatic rings. The maximum absolute atomic E-state index is 13.2. The summed E-state index contributed by atoms with van der Waals surface area (Å²) in [5.41, 5.74) is 2.54. The lowest BCUT2D eigenvalue weighted by atomic mass is 10.1. The van der Waals surface area contributed by atoms with Crippen molar-refractivity contribution in [1.29, 1.82) is 0 Å². The smallest absolute Gasteiger partial charge is 0.244 e. The Labute approximate surface area is 180 Å². The number of benzene rings is 1. The average Bonchev–Trinajstić information content (AvgIpc) is 3.22. The monoisotopic (exact) mass is 424 g/mol. The minimum Gasteiger partial charge on any atom is -0.494 e. The van der Waals surface area contributed by atoms with Crippen LogP contribution in [-0.2, 0) is 17.8 Å². The standard InChI is InChI=1S/C22H25FN6O2/c1-3-18-12-20(16-4-6-17(23)7-5-16)26-29(18)15-21(30)27-8-10-28(11-9-27)22-24-13-19(31-2)14-25-22/h4-7,12-14H,3,8-11,15H2,1-2H3. The molecule has 0 radical (unpaired) electrons. The van der Waals surface area contributed by atoms with Crippen LogP contribution in [-0.4, -0.2) is 63.8 Å². The van der Waals surface area contributed by atoms with E-state index in [0.29, 0.717) is 37.9 Å². The van der Waals surface area contributed by atoms with E-state index in [1.807, 2.05) is 17.9 Å². The number of piperazine rings is 1. The van der Waals surface area contributed by atoms with Crippen molar-refractivity contribution in [2.45, 2.75) is 19.9 Å². The van der Waals surface area contributed by atoms with Crippen LogP contribution >= 0.6 is 0 Å². The van der Waals surface area contributed by atoms with Crippen molar-refractivity contribution in [2.24, 2.45) is 0 Å². The van der Waals surface area contributed by atoms with Crippen LogP contribution in [0.1, 0.15) is 12.6 Å². The molecule has 162 valence electrons. The molecule has 0 aliphatic carbocycles. The Kier molecular flexibility index (Phi) is 6.11. The minimum atomic E-state index is -0.284. The number of halogens is 1. The van der Waals surface area contributed by atoms with Crippen LogP contribution < -0.4 is 9.64 Å². The van der Waals surface area contributed by atoms with Gasteiger partial charge in [0.1, 0.15) is 12.4 Å². The fourth-order valence-corrected chi connectivity index (χ4v) is 3.60. The molecule has 0 saturated carbocycles. The molecule has 0 atom stereocenters. The quantitative estimate of drug-likeness (QED) is 0.605. The normalized spacial score (nSPS) is 14.0. The third-order valence-corrected chi connectivity index (χ3v) is 5.42. The summed E-state index contributed by atoms with van der Waals surface area (Å²) in [6.07, 6.45) is 4.04. The summed E-state index contributed by atoms with van der Waals surface area (Å²) in [5, 5.41) is 4.60. The van der Waals surface area contributed by atoms with Gasteiger partial charge in [-0.25, -0.2) is 14.4 Å². The van der Waals surface area contributed by atoms with Gasteiger partial charge < -0.3 is 14.5 Å². The first-order chi connectivity index (χ1) is 15.1. The van der Waals surface area contributed by atoms with E-state index >= 15 is 0 Å². The first-order valence-electron chi connectivity index (χ1n) is 10.3. The summed E-state index contributed by atoms with van der Waals surface area (Å²) < 4.78 is 20.1. The molecule has 0 spiro atoms. The van der Waals surface area contributed by atoms with Crippen LogP contribution in [0.3, 0.4) is 0 Å². The highest BCUT2D eigenvalue weighted by Crippen LogP contribution is 2.20.